The van der Waals surface area contributed by atoms with Gasteiger partial charge in [0.2, 0.25) is 0 Å². The summed E-state index contributed by atoms with van der Waals surface area (Å²) in [4.78, 5) is 15.5. The molecule has 0 aliphatic carbocycles. The number of amides is 2. The number of nitrogens with one attached hydrogen (secondary N) is 2. The highest BCUT2D eigenvalue weighted by molar-refractivity contribution is 7.15. The second kappa shape index (κ2) is 4.27. The van der Waals surface area contributed by atoms with E-state index in [9.17, 15) is 4.79 Å². The molecule has 0 atom stereocenters. The van der Waals surface area contributed by atoms with Gasteiger partial charge in [0.05, 0.1) is 6.54 Å². The Hall–Kier alpha value is -0.810. The first-order valence-corrected chi connectivity index (χ1v) is 4.47. The lowest BCUT2D eigenvalue weighted by atomic mass is 10.5. The van der Waals surface area contributed by atoms with E-state index in [0.717, 1.165) is 4.88 Å². The summed E-state index contributed by atoms with van der Waals surface area (Å²) in [7, 11) is 1.56. The summed E-state index contributed by atoms with van der Waals surface area (Å²) in [5.41, 5.74) is 0. The molecule has 0 unspecified atom stereocenters. The van der Waals surface area contributed by atoms with Gasteiger partial charge in [0.15, 0.2) is 4.47 Å². The Bertz CT molecular complexity index is 276. The van der Waals surface area contributed by atoms with E-state index in [0.29, 0.717) is 11.0 Å². The molecule has 0 radical (unpaired) electrons. The molecule has 1 heterocycles. The molecular formula is C6H8ClN3OS. The van der Waals surface area contributed by atoms with E-state index in [4.69, 9.17) is 11.6 Å². The third-order valence-corrected chi connectivity index (χ3v) is 2.29. The Morgan fingerprint density at radius 2 is 2.58 bits per heavy atom. The summed E-state index contributed by atoms with van der Waals surface area (Å²) in [5, 5.41) is 5.07. The Morgan fingerprint density at radius 3 is 3.08 bits per heavy atom. The van der Waals surface area contributed by atoms with Crippen LogP contribution in [0.2, 0.25) is 4.47 Å². The summed E-state index contributed by atoms with van der Waals surface area (Å²) in [6.45, 7) is 0.462. The fourth-order valence-corrected chi connectivity index (χ4v) is 1.54. The third-order valence-electron chi connectivity index (χ3n) is 1.18. The SMILES string of the molecule is CNC(=O)NCc1cnc(Cl)s1. The second-order valence-electron chi connectivity index (χ2n) is 2.01. The van der Waals surface area contributed by atoms with Gasteiger partial charge in [-0.2, -0.15) is 0 Å². The van der Waals surface area contributed by atoms with Crippen molar-refractivity contribution in [2.75, 3.05) is 7.05 Å². The average Bonchev–Trinajstić information content (AvgIpc) is 2.47. The van der Waals surface area contributed by atoms with E-state index in [1.165, 1.54) is 11.3 Å². The molecule has 0 bridgehead atoms. The van der Waals surface area contributed by atoms with Crippen LogP contribution in [0.25, 0.3) is 0 Å². The minimum atomic E-state index is -0.209. The quantitative estimate of drug-likeness (QED) is 0.763. The lowest BCUT2D eigenvalue weighted by molar-refractivity contribution is 0.242. The smallest absolute Gasteiger partial charge is 0.314 e. The third kappa shape index (κ3) is 2.67. The number of rotatable bonds is 2. The maximum absolute atomic E-state index is 10.7. The van der Waals surface area contributed by atoms with Crippen molar-refractivity contribution in [3.05, 3.63) is 15.5 Å². The van der Waals surface area contributed by atoms with Gasteiger partial charge in [0, 0.05) is 18.1 Å². The fourth-order valence-electron chi connectivity index (χ4n) is 0.621. The first kappa shape index (κ1) is 9.28. The predicted octanol–water partition coefficient (Wildman–Crippen LogP) is 1.23. The molecule has 4 nitrogen and oxygen atoms in total. The first-order valence-electron chi connectivity index (χ1n) is 3.28. The van der Waals surface area contributed by atoms with Crippen molar-refractivity contribution in [2.45, 2.75) is 6.54 Å². The van der Waals surface area contributed by atoms with Crippen molar-refractivity contribution >= 4 is 29.0 Å². The van der Waals surface area contributed by atoms with E-state index < -0.39 is 0 Å². The van der Waals surface area contributed by atoms with Gasteiger partial charge < -0.3 is 10.6 Å². The molecule has 0 saturated carbocycles. The van der Waals surface area contributed by atoms with Gasteiger partial charge in [-0.25, -0.2) is 9.78 Å². The fraction of sp³-hybridized carbons (Fsp3) is 0.333. The molecule has 0 aromatic carbocycles. The van der Waals surface area contributed by atoms with Crippen LogP contribution in [0.1, 0.15) is 4.88 Å². The Labute approximate surface area is 79.0 Å². The summed E-state index contributed by atoms with van der Waals surface area (Å²) in [6, 6.07) is -0.209. The van der Waals surface area contributed by atoms with Gasteiger partial charge in [-0.1, -0.05) is 11.6 Å². The summed E-state index contributed by atoms with van der Waals surface area (Å²) >= 11 is 6.94. The molecule has 1 rings (SSSR count). The van der Waals surface area contributed by atoms with Crippen LogP contribution in [-0.2, 0) is 6.54 Å². The number of aromatic nitrogens is 1. The largest absolute Gasteiger partial charge is 0.341 e. The Morgan fingerprint density at radius 1 is 1.83 bits per heavy atom. The van der Waals surface area contributed by atoms with Crippen LogP contribution < -0.4 is 10.6 Å². The molecule has 66 valence electrons. The molecule has 12 heavy (non-hydrogen) atoms. The molecule has 2 N–H and O–H groups in total. The normalized spacial score (nSPS) is 9.50. The molecule has 0 spiro atoms. The van der Waals surface area contributed by atoms with E-state index in [1.807, 2.05) is 0 Å². The Kier molecular flexibility index (Phi) is 3.31. The van der Waals surface area contributed by atoms with Crippen LogP contribution in [0.4, 0.5) is 4.79 Å². The summed E-state index contributed by atoms with van der Waals surface area (Å²) < 4.78 is 0.490. The topological polar surface area (TPSA) is 54.0 Å². The van der Waals surface area contributed by atoms with Crippen molar-refractivity contribution in [2.24, 2.45) is 0 Å². The minimum absolute atomic E-state index is 0.209. The van der Waals surface area contributed by atoms with Crippen LogP contribution in [0.5, 0.6) is 0 Å². The molecule has 1 aromatic heterocycles. The standard InChI is InChI=1S/C6H8ClN3OS/c1-8-6(11)10-3-4-2-9-5(7)12-4/h2H,3H2,1H3,(H2,8,10,11). The maximum atomic E-state index is 10.7. The zero-order chi connectivity index (χ0) is 8.97. The van der Waals surface area contributed by atoms with Crippen LogP contribution in [0.15, 0.2) is 6.20 Å². The van der Waals surface area contributed by atoms with E-state index in [2.05, 4.69) is 15.6 Å². The van der Waals surface area contributed by atoms with Crippen LogP contribution >= 0.6 is 22.9 Å². The highest BCUT2D eigenvalue weighted by Gasteiger charge is 2.00. The molecule has 6 heteroatoms. The van der Waals surface area contributed by atoms with Gasteiger partial charge in [-0.15, -0.1) is 11.3 Å². The van der Waals surface area contributed by atoms with Gasteiger partial charge in [0.1, 0.15) is 0 Å². The van der Waals surface area contributed by atoms with Gasteiger partial charge in [-0.3, -0.25) is 0 Å². The molecule has 0 aliphatic heterocycles. The number of urea groups is 1. The first-order chi connectivity index (χ1) is 5.72. The van der Waals surface area contributed by atoms with Crippen LogP contribution in [0, 0.1) is 0 Å². The lowest BCUT2D eigenvalue weighted by Crippen LogP contribution is -2.31. The molecule has 0 saturated heterocycles. The number of nitrogens with zero attached hydrogens (tertiary/aromatic N) is 1. The zero-order valence-corrected chi connectivity index (χ0v) is 8.00. The number of carbonyl (C=O) groups excluding carboxylic acids is 1. The van der Waals surface area contributed by atoms with Gasteiger partial charge in [-0.05, 0) is 0 Å². The summed E-state index contributed by atoms with van der Waals surface area (Å²) in [5.74, 6) is 0. The lowest BCUT2D eigenvalue weighted by Gasteiger charge is -1.99. The molecule has 0 fully saturated rings. The maximum Gasteiger partial charge on any atom is 0.314 e. The molecular weight excluding hydrogens is 198 g/mol. The van der Waals surface area contributed by atoms with Crippen LogP contribution in [-0.4, -0.2) is 18.1 Å². The number of halogens is 1. The van der Waals surface area contributed by atoms with Crippen molar-refractivity contribution in [3.63, 3.8) is 0 Å². The van der Waals surface area contributed by atoms with E-state index in [-0.39, 0.29) is 6.03 Å². The van der Waals surface area contributed by atoms with E-state index in [1.54, 1.807) is 13.2 Å². The highest BCUT2D eigenvalue weighted by Crippen LogP contribution is 2.16. The molecule has 2 amide bonds. The second-order valence-corrected chi connectivity index (χ2v) is 3.71. The van der Waals surface area contributed by atoms with Crippen molar-refractivity contribution in [1.29, 1.82) is 0 Å². The molecule has 1 aromatic rings. The number of carbonyl (C=O) groups is 1. The van der Waals surface area contributed by atoms with Crippen LogP contribution in [0.3, 0.4) is 0 Å². The van der Waals surface area contributed by atoms with E-state index >= 15 is 0 Å². The zero-order valence-electron chi connectivity index (χ0n) is 6.43. The predicted molar refractivity (Wildman–Crippen MR) is 48.4 cm³/mol. The number of hydrogen-bond donors (Lipinski definition) is 2. The van der Waals surface area contributed by atoms with Gasteiger partial charge in [0.25, 0.3) is 0 Å². The monoisotopic (exact) mass is 205 g/mol. The molecule has 0 aliphatic rings. The number of hydrogen-bond acceptors (Lipinski definition) is 3. The average molecular weight is 206 g/mol. The highest BCUT2D eigenvalue weighted by atomic mass is 35.5. The van der Waals surface area contributed by atoms with Crippen molar-refractivity contribution in [1.82, 2.24) is 15.6 Å². The number of thiazole rings is 1. The Balaban J connectivity index is 2.38. The van der Waals surface area contributed by atoms with Crippen molar-refractivity contribution < 1.29 is 4.79 Å². The van der Waals surface area contributed by atoms with Crippen molar-refractivity contribution in [3.8, 4) is 0 Å². The minimum Gasteiger partial charge on any atom is -0.341 e. The van der Waals surface area contributed by atoms with Gasteiger partial charge >= 0.3 is 6.03 Å². The summed E-state index contributed by atoms with van der Waals surface area (Å²) in [6.07, 6.45) is 1.64.